The quantitative estimate of drug-likeness (QED) is 0.459. The molecule has 2 aromatic carbocycles. The van der Waals surface area contributed by atoms with Gasteiger partial charge < -0.3 is 9.64 Å². The highest BCUT2D eigenvalue weighted by Gasteiger charge is 2.33. The molecule has 0 radical (unpaired) electrons. The standard InChI is InChI=1S/C25H25F3N2O3S/c1-34(31,32)22-11-7-20(8-12-22)19-5-9-21(10-6-19)33-17-18-13-15-30(16-14-18)24-4-2-3-23(29-24)25(26,27)28/h2-12,18H,13-17H2,1H3. The van der Waals surface area contributed by atoms with E-state index >= 15 is 0 Å². The molecule has 1 aliphatic heterocycles. The van der Waals surface area contributed by atoms with Gasteiger partial charge in [0.25, 0.3) is 0 Å². The molecule has 0 saturated carbocycles. The molecule has 1 fully saturated rings. The fraction of sp³-hybridized carbons (Fsp3) is 0.320. The van der Waals surface area contributed by atoms with E-state index in [4.69, 9.17) is 4.74 Å². The minimum Gasteiger partial charge on any atom is -0.493 e. The number of pyridine rings is 1. The van der Waals surface area contributed by atoms with Gasteiger partial charge in [-0.25, -0.2) is 13.4 Å². The lowest BCUT2D eigenvalue weighted by molar-refractivity contribution is -0.141. The summed E-state index contributed by atoms with van der Waals surface area (Å²) in [5.41, 5.74) is 0.995. The molecular formula is C25H25F3N2O3S. The fourth-order valence-corrected chi connectivity index (χ4v) is 4.57. The van der Waals surface area contributed by atoms with Gasteiger partial charge >= 0.3 is 6.18 Å². The molecule has 5 nitrogen and oxygen atoms in total. The number of benzene rings is 2. The summed E-state index contributed by atoms with van der Waals surface area (Å²) in [5.74, 6) is 1.40. The molecule has 34 heavy (non-hydrogen) atoms. The summed E-state index contributed by atoms with van der Waals surface area (Å²) in [7, 11) is -3.23. The van der Waals surface area contributed by atoms with Gasteiger partial charge in [-0.2, -0.15) is 13.2 Å². The number of alkyl halides is 3. The highest BCUT2D eigenvalue weighted by atomic mass is 32.2. The molecule has 0 amide bonds. The van der Waals surface area contributed by atoms with E-state index < -0.39 is 21.7 Å². The van der Waals surface area contributed by atoms with Crippen LogP contribution in [0.3, 0.4) is 0 Å². The Morgan fingerprint density at radius 1 is 0.941 bits per heavy atom. The number of piperidine rings is 1. The summed E-state index contributed by atoms with van der Waals surface area (Å²) in [5, 5.41) is 0. The van der Waals surface area contributed by atoms with Crippen LogP contribution >= 0.6 is 0 Å². The Kier molecular flexibility index (Phi) is 6.84. The number of anilines is 1. The molecule has 4 rings (SSSR count). The van der Waals surface area contributed by atoms with Crippen LogP contribution in [0.2, 0.25) is 0 Å². The maximum Gasteiger partial charge on any atom is 0.433 e. The van der Waals surface area contributed by atoms with E-state index in [9.17, 15) is 21.6 Å². The maximum atomic E-state index is 12.9. The average Bonchev–Trinajstić information content (AvgIpc) is 2.82. The summed E-state index contributed by atoms with van der Waals surface area (Å²) in [6.07, 6.45) is -1.65. The normalized spacial score (nSPS) is 15.4. The van der Waals surface area contributed by atoms with E-state index in [1.807, 2.05) is 29.2 Å². The number of nitrogens with zero attached hydrogens (tertiary/aromatic N) is 2. The number of hydrogen-bond acceptors (Lipinski definition) is 5. The van der Waals surface area contributed by atoms with Crippen LogP contribution in [0.15, 0.2) is 71.6 Å². The van der Waals surface area contributed by atoms with Gasteiger partial charge in [0.05, 0.1) is 11.5 Å². The smallest absolute Gasteiger partial charge is 0.433 e. The first-order chi connectivity index (χ1) is 16.1. The summed E-state index contributed by atoms with van der Waals surface area (Å²) < 4.78 is 67.9. The predicted octanol–water partition coefficient (Wildman–Crippen LogP) is 5.47. The number of ether oxygens (including phenoxy) is 1. The number of sulfone groups is 1. The summed E-state index contributed by atoms with van der Waals surface area (Å²) >= 11 is 0. The summed E-state index contributed by atoms with van der Waals surface area (Å²) in [4.78, 5) is 5.94. The van der Waals surface area contributed by atoms with Crippen molar-refractivity contribution in [3.05, 3.63) is 72.4 Å². The highest BCUT2D eigenvalue weighted by Crippen LogP contribution is 2.30. The van der Waals surface area contributed by atoms with Crippen molar-refractivity contribution in [3.8, 4) is 16.9 Å². The first-order valence-corrected chi connectivity index (χ1v) is 12.8. The lowest BCUT2D eigenvalue weighted by Gasteiger charge is -2.33. The molecule has 0 N–H and O–H groups in total. The van der Waals surface area contributed by atoms with Gasteiger partial charge in [-0.15, -0.1) is 0 Å². The van der Waals surface area contributed by atoms with Crippen molar-refractivity contribution >= 4 is 15.7 Å². The molecule has 1 saturated heterocycles. The third kappa shape index (κ3) is 5.88. The van der Waals surface area contributed by atoms with Crippen molar-refractivity contribution in [2.75, 3.05) is 30.9 Å². The Balaban J connectivity index is 1.29. The highest BCUT2D eigenvalue weighted by molar-refractivity contribution is 7.90. The van der Waals surface area contributed by atoms with E-state index in [1.54, 1.807) is 30.3 Å². The topological polar surface area (TPSA) is 59.5 Å². The van der Waals surface area contributed by atoms with Gasteiger partial charge in [-0.1, -0.05) is 30.3 Å². The van der Waals surface area contributed by atoms with E-state index in [2.05, 4.69) is 4.98 Å². The summed E-state index contributed by atoms with van der Waals surface area (Å²) in [6.45, 7) is 1.79. The predicted molar refractivity (Wildman–Crippen MR) is 125 cm³/mol. The van der Waals surface area contributed by atoms with Crippen molar-refractivity contribution in [3.63, 3.8) is 0 Å². The Morgan fingerprint density at radius 2 is 1.53 bits per heavy atom. The van der Waals surface area contributed by atoms with E-state index in [0.717, 1.165) is 35.8 Å². The first-order valence-electron chi connectivity index (χ1n) is 10.9. The monoisotopic (exact) mass is 490 g/mol. The molecule has 0 atom stereocenters. The van der Waals surface area contributed by atoms with Crippen molar-refractivity contribution in [1.82, 2.24) is 4.98 Å². The summed E-state index contributed by atoms with van der Waals surface area (Å²) in [6, 6.07) is 18.3. The molecule has 2 heterocycles. The first kappa shape index (κ1) is 24.1. The van der Waals surface area contributed by atoms with E-state index in [-0.39, 0.29) is 4.90 Å². The van der Waals surface area contributed by atoms with Crippen molar-refractivity contribution in [1.29, 1.82) is 0 Å². The van der Waals surface area contributed by atoms with Crippen molar-refractivity contribution in [2.45, 2.75) is 23.9 Å². The Morgan fingerprint density at radius 3 is 2.09 bits per heavy atom. The van der Waals surface area contributed by atoms with Gasteiger partial charge in [-0.3, -0.25) is 0 Å². The zero-order chi connectivity index (χ0) is 24.3. The van der Waals surface area contributed by atoms with Gasteiger partial charge in [0.15, 0.2) is 9.84 Å². The lowest BCUT2D eigenvalue weighted by atomic mass is 9.98. The second-order valence-corrected chi connectivity index (χ2v) is 10.5. The fourth-order valence-electron chi connectivity index (χ4n) is 3.94. The number of hydrogen-bond donors (Lipinski definition) is 0. The van der Waals surface area contributed by atoms with Gasteiger partial charge in [0, 0.05) is 19.3 Å². The van der Waals surface area contributed by atoms with Crippen molar-refractivity contribution in [2.24, 2.45) is 5.92 Å². The van der Waals surface area contributed by atoms with Gasteiger partial charge in [0.2, 0.25) is 0 Å². The van der Waals surface area contributed by atoms with Crippen LogP contribution in [0.5, 0.6) is 5.75 Å². The molecule has 0 bridgehead atoms. The molecule has 0 unspecified atom stereocenters. The molecule has 3 aromatic rings. The zero-order valence-electron chi connectivity index (χ0n) is 18.6. The largest absolute Gasteiger partial charge is 0.493 e. The Hall–Kier alpha value is -3.07. The van der Waals surface area contributed by atoms with Crippen LogP contribution in [0.25, 0.3) is 11.1 Å². The van der Waals surface area contributed by atoms with E-state index in [1.165, 1.54) is 12.3 Å². The minimum atomic E-state index is -4.45. The molecule has 0 spiro atoms. The van der Waals surface area contributed by atoms with Crippen LogP contribution in [-0.2, 0) is 16.0 Å². The number of aromatic nitrogens is 1. The molecule has 9 heteroatoms. The second kappa shape index (κ2) is 9.66. The van der Waals surface area contributed by atoms with Crippen LogP contribution in [0.4, 0.5) is 19.0 Å². The molecule has 180 valence electrons. The Labute approximate surface area is 197 Å². The molecule has 1 aliphatic rings. The zero-order valence-corrected chi connectivity index (χ0v) is 19.4. The SMILES string of the molecule is CS(=O)(=O)c1ccc(-c2ccc(OCC3CCN(c4cccc(C(F)(F)F)n4)CC3)cc2)cc1. The molecule has 0 aliphatic carbocycles. The number of rotatable bonds is 6. The maximum absolute atomic E-state index is 12.9. The van der Waals surface area contributed by atoms with Crippen LogP contribution in [-0.4, -0.2) is 39.4 Å². The third-order valence-corrected chi connectivity index (χ3v) is 7.05. The molecular weight excluding hydrogens is 465 g/mol. The van der Waals surface area contributed by atoms with Crippen LogP contribution in [0, 0.1) is 5.92 Å². The number of halogens is 3. The minimum absolute atomic E-state index is 0.283. The van der Waals surface area contributed by atoms with E-state index in [0.29, 0.717) is 31.4 Å². The van der Waals surface area contributed by atoms with Gasteiger partial charge in [0.1, 0.15) is 17.3 Å². The lowest BCUT2D eigenvalue weighted by Crippen LogP contribution is -2.36. The average molecular weight is 491 g/mol. The Bertz CT molecular complexity index is 1220. The third-order valence-electron chi connectivity index (χ3n) is 5.92. The van der Waals surface area contributed by atoms with Crippen LogP contribution < -0.4 is 9.64 Å². The van der Waals surface area contributed by atoms with Gasteiger partial charge in [-0.05, 0) is 66.3 Å². The van der Waals surface area contributed by atoms with Crippen LogP contribution in [0.1, 0.15) is 18.5 Å². The second-order valence-electron chi connectivity index (χ2n) is 8.44. The van der Waals surface area contributed by atoms with Crippen molar-refractivity contribution < 1.29 is 26.3 Å². The molecule has 1 aromatic heterocycles.